The van der Waals surface area contributed by atoms with Gasteiger partial charge in [-0.2, -0.15) is 5.10 Å². The van der Waals surface area contributed by atoms with E-state index >= 15 is 0 Å². The molecule has 2 amide bonds. The van der Waals surface area contributed by atoms with Crippen molar-refractivity contribution in [1.82, 2.24) is 5.32 Å². The van der Waals surface area contributed by atoms with E-state index in [1.165, 1.54) is 12.3 Å². The fourth-order valence-corrected chi connectivity index (χ4v) is 3.59. The molecule has 0 saturated carbocycles. The molecule has 10 heteroatoms. The van der Waals surface area contributed by atoms with Crippen molar-refractivity contribution in [1.29, 1.82) is 0 Å². The number of anilines is 1. The van der Waals surface area contributed by atoms with Crippen LogP contribution in [0, 0.1) is 6.92 Å². The third kappa shape index (κ3) is 5.35. The van der Waals surface area contributed by atoms with Crippen molar-refractivity contribution in [3.05, 3.63) is 51.9 Å². The molecule has 2 aromatic rings. The summed E-state index contributed by atoms with van der Waals surface area (Å²) in [5.74, 6) is 0.671. The second-order valence-electron chi connectivity index (χ2n) is 5.57. The molecule has 1 aromatic heterocycles. The number of thioether (sulfide) groups is 1. The van der Waals surface area contributed by atoms with Gasteiger partial charge in [0, 0.05) is 11.4 Å². The molecule has 1 saturated heterocycles. The number of amides is 2. The Morgan fingerprint density at radius 3 is 2.89 bits per heavy atom. The summed E-state index contributed by atoms with van der Waals surface area (Å²) in [5.41, 5.74) is 0.432. The summed E-state index contributed by atoms with van der Waals surface area (Å²) in [6.07, 6.45) is 1.41. The highest BCUT2D eigenvalue weighted by Crippen LogP contribution is 2.27. The Hall–Kier alpha value is -2.29. The first kappa shape index (κ1) is 19.5. The summed E-state index contributed by atoms with van der Waals surface area (Å²) in [4.78, 5) is 24.2. The maximum absolute atomic E-state index is 12.2. The van der Waals surface area contributed by atoms with Crippen molar-refractivity contribution in [2.75, 3.05) is 5.32 Å². The Bertz CT molecular complexity index is 942. The van der Waals surface area contributed by atoms with Gasteiger partial charge in [-0.05, 0) is 37.3 Å². The number of hydrogen-bond donors (Lipinski definition) is 2. The molecule has 2 N–H and O–H groups in total. The lowest BCUT2D eigenvalue weighted by molar-refractivity contribution is -0.122. The second-order valence-corrected chi connectivity index (χ2v) is 7.61. The average molecular weight is 425 g/mol. The smallest absolute Gasteiger partial charge is 0.240 e. The van der Waals surface area contributed by atoms with Gasteiger partial charge in [-0.3, -0.25) is 9.59 Å². The van der Waals surface area contributed by atoms with Gasteiger partial charge in [-0.25, -0.2) is 0 Å². The standard InChI is InChI=1S/C17H14Cl2N4O3S/c1-9-2-4-11(26-9)8-20-23-17-22-16(25)14(27-17)7-15(24)21-13-5-3-10(18)6-12(13)19/h2-6,8,14H,7H2,1H3,(H,21,24)(H,22,23,25)/b20-8+. The van der Waals surface area contributed by atoms with Gasteiger partial charge in [0.05, 0.1) is 16.9 Å². The predicted octanol–water partition coefficient (Wildman–Crippen LogP) is 3.85. The van der Waals surface area contributed by atoms with Crippen LogP contribution in [0.3, 0.4) is 0 Å². The molecule has 140 valence electrons. The minimum atomic E-state index is -0.601. The molecular weight excluding hydrogens is 411 g/mol. The van der Waals surface area contributed by atoms with Crippen LogP contribution < -0.4 is 10.6 Å². The highest BCUT2D eigenvalue weighted by Gasteiger charge is 2.32. The average Bonchev–Trinajstić information content (AvgIpc) is 3.16. The largest absolute Gasteiger partial charge is 0.460 e. The zero-order valence-electron chi connectivity index (χ0n) is 14.0. The topological polar surface area (TPSA) is 96.1 Å². The molecule has 0 bridgehead atoms. The molecule has 1 fully saturated rings. The fraction of sp³-hybridized carbons (Fsp3) is 0.176. The first-order valence-corrected chi connectivity index (χ1v) is 9.44. The van der Waals surface area contributed by atoms with E-state index < -0.39 is 5.25 Å². The normalized spacial score (nSPS) is 18.3. The minimum absolute atomic E-state index is 0.0322. The first-order valence-electron chi connectivity index (χ1n) is 7.80. The number of rotatable bonds is 5. The van der Waals surface area contributed by atoms with Gasteiger partial charge in [-0.15, -0.1) is 5.10 Å². The molecule has 3 rings (SSSR count). The number of carbonyl (C=O) groups excluding carboxylic acids is 2. The second kappa shape index (κ2) is 8.60. The van der Waals surface area contributed by atoms with E-state index in [2.05, 4.69) is 20.8 Å². The quantitative estimate of drug-likeness (QED) is 0.562. The third-order valence-corrected chi connectivity index (χ3v) is 5.07. The molecule has 0 radical (unpaired) electrons. The van der Waals surface area contributed by atoms with Crippen molar-refractivity contribution in [3.63, 3.8) is 0 Å². The third-order valence-electron chi connectivity index (χ3n) is 3.45. The fourth-order valence-electron chi connectivity index (χ4n) is 2.21. The van der Waals surface area contributed by atoms with Gasteiger partial charge >= 0.3 is 0 Å². The van der Waals surface area contributed by atoms with Crippen LogP contribution in [0.5, 0.6) is 0 Å². The number of furan rings is 1. The molecule has 2 heterocycles. The van der Waals surface area contributed by atoms with Gasteiger partial charge in [0.25, 0.3) is 0 Å². The van der Waals surface area contributed by atoms with Crippen LogP contribution in [0.15, 0.2) is 45.0 Å². The van der Waals surface area contributed by atoms with Crippen molar-refractivity contribution in [2.45, 2.75) is 18.6 Å². The maximum Gasteiger partial charge on any atom is 0.240 e. The molecule has 7 nitrogen and oxygen atoms in total. The molecule has 0 aliphatic carbocycles. The maximum atomic E-state index is 12.2. The number of amidine groups is 1. The van der Waals surface area contributed by atoms with Gasteiger partial charge in [0.15, 0.2) is 5.17 Å². The van der Waals surface area contributed by atoms with Crippen LogP contribution in [-0.2, 0) is 9.59 Å². The molecule has 1 unspecified atom stereocenters. The zero-order valence-corrected chi connectivity index (χ0v) is 16.4. The lowest BCUT2D eigenvalue weighted by atomic mass is 10.2. The van der Waals surface area contributed by atoms with E-state index in [0.717, 1.165) is 17.5 Å². The highest BCUT2D eigenvalue weighted by molar-refractivity contribution is 8.15. The molecule has 1 aromatic carbocycles. The number of hydrogen-bond acceptors (Lipinski definition) is 6. The number of aryl methyl sites for hydroxylation is 1. The summed E-state index contributed by atoms with van der Waals surface area (Å²) >= 11 is 13.0. The molecule has 1 aliphatic rings. The van der Waals surface area contributed by atoms with Crippen LogP contribution in [0.1, 0.15) is 17.9 Å². The number of nitrogens with zero attached hydrogens (tertiary/aromatic N) is 2. The van der Waals surface area contributed by atoms with Gasteiger partial charge in [0.2, 0.25) is 11.8 Å². The van der Waals surface area contributed by atoms with E-state index in [4.69, 9.17) is 27.6 Å². The van der Waals surface area contributed by atoms with Crippen molar-refractivity contribution in [3.8, 4) is 0 Å². The zero-order chi connectivity index (χ0) is 19.4. The Morgan fingerprint density at radius 1 is 1.37 bits per heavy atom. The monoisotopic (exact) mass is 424 g/mol. The van der Waals surface area contributed by atoms with Crippen LogP contribution in [0.2, 0.25) is 10.0 Å². The number of halogens is 2. The predicted molar refractivity (Wildman–Crippen MR) is 108 cm³/mol. The summed E-state index contributed by atoms with van der Waals surface area (Å²) < 4.78 is 5.33. The molecule has 27 heavy (non-hydrogen) atoms. The van der Waals surface area contributed by atoms with E-state index in [0.29, 0.717) is 26.7 Å². The lowest BCUT2D eigenvalue weighted by Crippen LogP contribution is -2.28. The van der Waals surface area contributed by atoms with E-state index in [1.54, 1.807) is 18.2 Å². The van der Waals surface area contributed by atoms with Crippen LogP contribution in [0.4, 0.5) is 5.69 Å². The van der Waals surface area contributed by atoms with Crippen LogP contribution in [0.25, 0.3) is 0 Å². The Morgan fingerprint density at radius 2 is 2.19 bits per heavy atom. The SMILES string of the molecule is Cc1ccc(/C=N/N=C2/NC(=O)C(CC(=O)Nc3ccc(Cl)cc3Cl)S2)o1. The van der Waals surface area contributed by atoms with E-state index in [9.17, 15) is 9.59 Å². The van der Waals surface area contributed by atoms with E-state index in [1.807, 2.05) is 13.0 Å². The van der Waals surface area contributed by atoms with Crippen molar-refractivity contribution in [2.24, 2.45) is 10.2 Å². The molecular formula is C17H14Cl2N4O3S. The summed E-state index contributed by atoms with van der Waals surface area (Å²) in [7, 11) is 0. The molecule has 1 atom stereocenters. The Kier molecular flexibility index (Phi) is 6.20. The minimum Gasteiger partial charge on any atom is -0.460 e. The first-order chi connectivity index (χ1) is 12.9. The number of nitrogens with one attached hydrogen (secondary N) is 2. The summed E-state index contributed by atoms with van der Waals surface area (Å²) in [6.45, 7) is 1.82. The van der Waals surface area contributed by atoms with E-state index in [-0.39, 0.29) is 18.2 Å². The Balaban J connectivity index is 1.56. The number of benzene rings is 1. The van der Waals surface area contributed by atoms with Gasteiger partial charge in [-0.1, -0.05) is 35.0 Å². The lowest BCUT2D eigenvalue weighted by Gasteiger charge is -2.09. The van der Waals surface area contributed by atoms with Crippen LogP contribution in [-0.4, -0.2) is 28.4 Å². The van der Waals surface area contributed by atoms with Crippen molar-refractivity contribution >= 4 is 63.8 Å². The molecule has 0 spiro atoms. The van der Waals surface area contributed by atoms with Crippen molar-refractivity contribution < 1.29 is 14.0 Å². The highest BCUT2D eigenvalue weighted by atomic mass is 35.5. The van der Waals surface area contributed by atoms with Gasteiger partial charge in [0.1, 0.15) is 16.8 Å². The Labute approximate surface area is 169 Å². The summed E-state index contributed by atoms with van der Waals surface area (Å²) in [6, 6.07) is 8.31. The van der Waals surface area contributed by atoms with Gasteiger partial charge < -0.3 is 15.1 Å². The molecule has 1 aliphatic heterocycles. The van der Waals surface area contributed by atoms with Crippen LogP contribution >= 0.6 is 35.0 Å². The summed E-state index contributed by atoms with van der Waals surface area (Å²) in [5, 5.41) is 13.6. The number of carbonyl (C=O) groups is 2.